The van der Waals surface area contributed by atoms with E-state index in [9.17, 15) is 14.4 Å². The third-order valence-electron chi connectivity index (χ3n) is 5.52. The first-order chi connectivity index (χ1) is 16.7. The van der Waals surface area contributed by atoms with E-state index in [1.807, 2.05) is 68.4 Å². The lowest BCUT2D eigenvalue weighted by atomic mass is 10.0. The first kappa shape index (κ1) is 27.9. The van der Waals surface area contributed by atoms with Crippen LogP contribution in [0.2, 0.25) is 0 Å². The lowest BCUT2D eigenvalue weighted by Gasteiger charge is -2.25. The molecule has 8 heteroatoms. The van der Waals surface area contributed by atoms with Gasteiger partial charge in [0.25, 0.3) is 0 Å². The van der Waals surface area contributed by atoms with E-state index in [4.69, 9.17) is 9.47 Å². The molecule has 0 fully saturated rings. The van der Waals surface area contributed by atoms with Gasteiger partial charge in [0.15, 0.2) is 0 Å². The second kappa shape index (κ2) is 14.1. The van der Waals surface area contributed by atoms with Crippen LogP contribution in [0.25, 0.3) is 0 Å². The molecule has 0 bridgehead atoms. The summed E-state index contributed by atoms with van der Waals surface area (Å²) in [5.74, 6) is -0.178. The van der Waals surface area contributed by atoms with Gasteiger partial charge in [-0.2, -0.15) is 0 Å². The molecule has 0 aliphatic carbocycles. The van der Waals surface area contributed by atoms with E-state index in [2.05, 4.69) is 16.0 Å². The van der Waals surface area contributed by atoms with Crippen molar-refractivity contribution in [2.45, 2.75) is 58.3 Å². The number of ether oxygens (including phenoxy) is 2. The number of carbonyl (C=O) groups is 3. The molecular formula is C27H37N3O5. The first-order valence-electron chi connectivity index (χ1n) is 11.8. The number of nitrogens with one attached hydrogen (secondary N) is 3. The number of likely N-dealkylation sites (N-methyl/N-ethyl adjacent to an activating group) is 1. The van der Waals surface area contributed by atoms with E-state index in [1.165, 1.54) is 14.2 Å². The maximum Gasteiger partial charge on any atom is 0.322 e. The zero-order chi connectivity index (χ0) is 25.8. The Morgan fingerprint density at radius 2 is 1.51 bits per heavy atom. The van der Waals surface area contributed by atoms with Gasteiger partial charge in [0.05, 0.1) is 13.2 Å². The summed E-state index contributed by atoms with van der Waals surface area (Å²) in [6, 6.07) is 15.3. The molecule has 0 saturated carbocycles. The number of carbonyl (C=O) groups excluding carboxylic acids is 3. The molecule has 1 unspecified atom stereocenters. The second-order valence-corrected chi connectivity index (χ2v) is 8.89. The van der Waals surface area contributed by atoms with Crippen molar-refractivity contribution < 1.29 is 23.9 Å². The molecule has 190 valence electrons. The average Bonchev–Trinajstić information content (AvgIpc) is 2.86. The Morgan fingerprint density at radius 3 is 2.09 bits per heavy atom. The zero-order valence-corrected chi connectivity index (χ0v) is 21.2. The summed E-state index contributed by atoms with van der Waals surface area (Å²) >= 11 is 0. The second-order valence-electron chi connectivity index (χ2n) is 8.89. The smallest absolute Gasteiger partial charge is 0.322 e. The fourth-order valence-electron chi connectivity index (χ4n) is 3.62. The number of amides is 2. The van der Waals surface area contributed by atoms with Gasteiger partial charge in [-0.25, -0.2) is 0 Å². The third-order valence-corrected chi connectivity index (χ3v) is 5.52. The van der Waals surface area contributed by atoms with Crippen molar-refractivity contribution in [1.82, 2.24) is 16.0 Å². The highest BCUT2D eigenvalue weighted by atomic mass is 16.5. The molecule has 35 heavy (non-hydrogen) atoms. The molecule has 2 aromatic rings. The Labute approximate surface area is 207 Å². The minimum Gasteiger partial charge on any atom is -0.489 e. The predicted octanol–water partition coefficient (Wildman–Crippen LogP) is 2.60. The van der Waals surface area contributed by atoms with Crippen molar-refractivity contribution in [3.8, 4) is 5.75 Å². The largest absolute Gasteiger partial charge is 0.489 e. The molecule has 0 heterocycles. The van der Waals surface area contributed by atoms with Crippen molar-refractivity contribution in [3.05, 3.63) is 65.7 Å². The maximum atomic E-state index is 13.1. The van der Waals surface area contributed by atoms with Crippen LogP contribution in [0.4, 0.5) is 0 Å². The first-order valence-corrected chi connectivity index (χ1v) is 11.8. The molecule has 3 N–H and O–H groups in total. The SMILES string of the molecule is CNC(=O)[C@H](Cc1ccc(OCc2ccccc2)cc1)NC(=O)[C@H](CC(C)C)NC(C)C(=O)OC. The lowest BCUT2D eigenvalue weighted by Crippen LogP contribution is -2.55. The van der Waals surface area contributed by atoms with Gasteiger partial charge in [-0.1, -0.05) is 56.3 Å². The molecule has 0 aliphatic heterocycles. The van der Waals surface area contributed by atoms with Crippen LogP contribution in [-0.2, 0) is 32.1 Å². The van der Waals surface area contributed by atoms with Crippen LogP contribution in [0, 0.1) is 5.92 Å². The number of methoxy groups -OCH3 is 1. The Morgan fingerprint density at radius 1 is 0.857 bits per heavy atom. The Hall–Kier alpha value is -3.39. The van der Waals surface area contributed by atoms with Crippen LogP contribution in [0.3, 0.4) is 0 Å². The number of benzene rings is 2. The van der Waals surface area contributed by atoms with E-state index in [-0.39, 0.29) is 17.7 Å². The topological polar surface area (TPSA) is 106 Å². The van der Waals surface area contributed by atoms with Crippen LogP contribution < -0.4 is 20.7 Å². The van der Waals surface area contributed by atoms with Gasteiger partial charge in [-0.05, 0) is 42.5 Å². The summed E-state index contributed by atoms with van der Waals surface area (Å²) in [5, 5.41) is 8.49. The molecule has 2 aromatic carbocycles. The lowest BCUT2D eigenvalue weighted by molar-refractivity contribution is -0.143. The van der Waals surface area contributed by atoms with Crippen molar-refractivity contribution in [2.24, 2.45) is 5.92 Å². The van der Waals surface area contributed by atoms with Gasteiger partial charge < -0.3 is 20.1 Å². The zero-order valence-electron chi connectivity index (χ0n) is 21.2. The normalized spacial score (nSPS) is 13.4. The highest BCUT2D eigenvalue weighted by Gasteiger charge is 2.28. The fourth-order valence-corrected chi connectivity index (χ4v) is 3.62. The summed E-state index contributed by atoms with van der Waals surface area (Å²) in [7, 11) is 2.84. The highest BCUT2D eigenvalue weighted by molar-refractivity contribution is 5.90. The highest BCUT2D eigenvalue weighted by Crippen LogP contribution is 2.16. The van der Waals surface area contributed by atoms with Crippen LogP contribution in [0.15, 0.2) is 54.6 Å². The molecule has 8 nitrogen and oxygen atoms in total. The van der Waals surface area contributed by atoms with Gasteiger partial charge in [0.1, 0.15) is 24.4 Å². The van der Waals surface area contributed by atoms with Crippen LogP contribution >= 0.6 is 0 Å². The maximum absolute atomic E-state index is 13.1. The summed E-state index contributed by atoms with van der Waals surface area (Å²) in [5.41, 5.74) is 1.95. The molecule has 0 spiro atoms. The van der Waals surface area contributed by atoms with Gasteiger partial charge in [0.2, 0.25) is 11.8 Å². The molecular weight excluding hydrogens is 446 g/mol. The number of rotatable bonds is 13. The van der Waals surface area contributed by atoms with Crippen LogP contribution in [-0.4, -0.2) is 50.1 Å². The summed E-state index contributed by atoms with van der Waals surface area (Å²) in [6.07, 6.45) is 0.812. The fraction of sp³-hybridized carbons (Fsp3) is 0.444. The van der Waals surface area contributed by atoms with E-state index >= 15 is 0 Å². The number of hydrogen-bond acceptors (Lipinski definition) is 6. The quantitative estimate of drug-likeness (QED) is 0.378. The van der Waals surface area contributed by atoms with Crippen LogP contribution in [0.1, 0.15) is 38.3 Å². The monoisotopic (exact) mass is 483 g/mol. The standard InChI is InChI=1S/C27H37N3O5/c1-18(2)15-23(29-19(3)27(33)34-5)26(32)30-24(25(31)28-4)16-20-11-13-22(14-12-20)35-17-21-9-7-6-8-10-21/h6-14,18-19,23-24,29H,15-17H2,1-5H3,(H,28,31)(H,30,32)/t19?,23-,24-/m0/s1. The molecule has 2 rings (SSSR count). The molecule has 2 amide bonds. The number of esters is 1. The Kier molecular flexibility index (Phi) is 11.2. The molecule has 3 atom stereocenters. The van der Waals surface area contributed by atoms with E-state index in [1.54, 1.807) is 6.92 Å². The third kappa shape index (κ3) is 9.41. The minimum atomic E-state index is -0.770. The Balaban J connectivity index is 2.05. The van der Waals surface area contributed by atoms with Crippen molar-refractivity contribution in [1.29, 1.82) is 0 Å². The van der Waals surface area contributed by atoms with Gasteiger partial charge in [-0.15, -0.1) is 0 Å². The average molecular weight is 484 g/mol. The Bertz CT molecular complexity index is 947. The van der Waals surface area contributed by atoms with Gasteiger partial charge >= 0.3 is 5.97 Å². The van der Waals surface area contributed by atoms with Crippen molar-refractivity contribution in [3.63, 3.8) is 0 Å². The molecule has 0 aliphatic rings. The summed E-state index contributed by atoms with van der Waals surface area (Å²) < 4.78 is 10.6. The van der Waals surface area contributed by atoms with Crippen LogP contribution in [0.5, 0.6) is 5.75 Å². The van der Waals surface area contributed by atoms with E-state index < -0.39 is 24.1 Å². The molecule has 0 radical (unpaired) electrons. The van der Waals surface area contributed by atoms with Crippen molar-refractivity contribution in [2.75, 3.05) is 14.2 Å². The van der Waals surface area contributed by atoms with Gasteiger partial charge in [-0.3, -0.25) is 19.7 Å². The summed E-state index contributed by atoms with van der Waals surface area (Å²) in [6.45, 7) is 6.08. The number of hydrogen-bond donors (Lipinski definition) is 3. The predicted molar refractivity (Wildman–Crippen MR) is 135 cm³/mol. The summed E-state index contributed by atoms with van der Waals surface area (Å²) in [4.78, 5) is 37.5. The van der Waals surface area contributed by atoms with E-state index in [0.29, 0.717) is 19.4 Å². The van der Waals surface area contributed by atoms with Gasteiger partial charge in [0, 0.05) is 13.5 Å². The van der Waals surface area contributed by atoms with E-state index in [0.717, 1.165) is 16.9 Å². The molecule has 0 saturated heterocycles. The molecule has 0 aromatic heterocycles. The van der Waals surface area contributed by atoms with Crippen molar-refractivity contribution >= 4 is 17.8 Å². The minimum absolute atomic E-state index is 0.199.